The largest absolute Gasteiger partial charge is 0.508 e. The van der Waals surface area contributed by atoms with Gasteiger partial charge in [0.1, 0.15) is 5.75 Å². The fraction of sp³-hybridized carbons (Fsp3) is 0.333. The van der Waals surface area contributed by atoms with Gasteiger partial charge in [-0.15, -0.1) is 0 Å². The first kappa shape index (κ1) is 18.6. The molecule has 0 aliphatic carbocycles. The Morgan fingerprint density at radius 3 is 2.79 bits per heavy atom. The van der Waals surface area contributed by atoms with Gasteiger partial charge >= 0.3 is 6.03 Å². The summed E-state index contributed by atoms with van der Waals surface area (Å²) in [6.45, 7) is 2.42. The van der Waals surface area contributed by atoms with E-state index in [1.165, 1.54) is 0 Å². The third kappa shape index (κ3) is 3.64. The number of halogens is 1. The minimum Gasteiger partial charge on any atom is -0.508 e. The molecule has 2 saturated heterocycles. The van der Waals surface area contributed by atoms with Gasteiger partial charge in [0.15, 0.2) is 0 Å². The van der Waals surface area contributed by atoms with Crippen molar-refractivity contribution in [2.24, 2.45) is 5.92 Å². The first-order chi connectivity index (χ1) is 13.5. The van der Waals surface area contributed by atoms with Crippen molar-refractivity contribution >= 4 is 29.2 Å². The molecule has 2 heterocycles. The van der Waals surface area contributed by atoms with Crippen LogP contribution in [0.5, 0.6) is 5.75 Å². The molecule has 0 radical (unpaired) electrons. The summed E-state index contributed by atoms with van der Waals surface area (Å²) >= 11 is 6.26. The van der Waals surface area contributed by atoms with E-state index in [2.05, 4.69) is 5.32 Å². The predicted molar refractivity (Wildman–Crippen MR) is 108 cm³/mol. The summed E-state index contributed by atoms with van der Waals surface area (Å²) in [6.07, 6.45) is 1.64. The summed E-state index contributed by atoms with van der Waals surface area (Å²) < 4.78 is 0. The van der Waals surface area contributed by atoms with Crippen molar-refractivity contribution in [1.82, 2.24) is 10.2 Å². The molecule has 2 aromatic carbocycles. The number of aromatic hydroxyl groups is 1. The number of benzene rings is 2. The first-order valence-electron chi connectivity index (χ1n) is 9.44. The van der Waals surface area contributed by atoms with E-state index in [1.807, 2.05) is 23.1 Å². The van der Waals surface area contributed by atoms with E-state index in [0.29, 0.717) is 54.1 Å². The van der Waals surface area contributed by atoms with Crippen molar-refractivity contribution in [3.05, 3.63) is 58.6 Å². The molecule has 146 valence electrons. The Morgan fingerprint density at radius 1 is 1.21 bits per heavy atom. The van der Waals surface area contributed by atoms with Crippen LogP contribution < -0.4 is 10.2 Å². The standard InChI is InChI=1S/C21H22ClN3O3/c22-17-6-5-16(12-18(17)25-10-8-23-21(25)28)20(27)24-9-7-14(13-24)11-15-3-1-2-4-19(15)26/h1-6,12,14,26H,7-11,13H2,(H,23,28). The average Bonchev–Trinajstić information content (AvgIpc) is 3.33. The van der Waals surface area contributed by atoms with E-state index in [0.717, 1.165) is 18.4 Å². The Labute approximate surface area is 168 Å². The number of hydrogen-bond acceptors (Lipinski definition) is 3. The van der Waals surface area contributed by atoms with E-state index in [-0.39, 0.29) is 11.9 Å². The van der Waals surface area contributed by atoms with Gasteiger partial charge in [-0.2, -0.15) is 0 Å². The van der Waals surface area contributed by atoms with Crippen molar-refractivity contribution in [3.63, 3.8) is 0 Å². The van der Waals surface area contributed by atoms with E-state index in [9.17, 15) is 14.7 Å². The maximum Gasteiger partial charge on any atom is 0.322 e. The van der Waals surface area contributed by atoms with Crippen LogP contribution in [0.3, 0.4) is 0 Å². The molecule has 28 heavy (non-hydrogen) atoms. The number of nitrogens with zero attached hydrogens (tertiary/aromatic N) is 2. The molecule has 0 aromatic heterocycles. The quantitative estimate of drug-likeness (QED) is 0.828. The molecule has 1 atom stereocenters. The molecule has 2 fully saturated rings. The SMILES string of the molecule is O=C(c1ccc(Cl)c(N2CCNC2=O)c1)N1CCC(Cc2ccccc2O)C1. The molecule has 2 aliphatic heterocycles. The number of nitrogens with one attached hydrogen (secondary N) is 1. The van der Waals surface area contributed by atoms with Gasteiger partial charge in [-0.25, -0.2) is 4.79 Å². The monoisotopic (exact) mass is 399 g/mol. The van der Waals surface area contributed by atoms with Crippen LogP contribution >= 0.6 is 11.6 Å². The molecule has 4 rings (SSSR count). The zero-order chi connectivity index (χ0) is 19.7. The van der Waals surface area contributed by atoms with Crippen LogP contribution in [-0.4, -0.2) is 48.1 Å². The number of carbonyl (C=O) groups is 2. The molecule has 3 amide bonds. The van der Waals surface area contributed by atoms with Gasteiger partial charge in [0, 0.05) is 31.7 Å². The van der Waals surface area contributed by atoms with Gasteiger partial charge in [-0.1, -0.05) is 29.8 Å². The average molecular weight is 400 g/mol. The fourth-order valence-corrected chi connectivity index (χ4v) is 4.13. The highest BCUT2D eigenvalue weighted by molar-refractivity contribution is 6.34. The maximum atomic E-state index is 13.0. The zero-order valence-electron chi connectivity index (χ0n) is 15.4. The molecule has 0 bridgehead atoms. The van der Waals surface area contributed by atoms with Gasteiger partial charge < -0.3 is 15.3 Å². The topological polar surface area (TPSA) is 72.9 Å². The lowest BCUT2D eigenvalue weighted by atomic mass is 9.98. The number of phenolic OH excluding ortho intramolecular Hbond substituents is 1. The second-order valence-electron chi connectivity index (χ2n) is 7.29. The van der Waals surface area contributed by atoms with E-state index in [4.69, 9.17) is 11.6 Å². The molecular weight excluding hydrogens is 378 g/mol. The lowest BCUT2D eigenvalue weighted by Gasteiger charge is -2.20. The summed E-state index contributed by atoms with van der Waals surface area (Å²) in [5.74, 6) is 0.559. The predicted octanol–water partition coefficient (Wildman–Crippen LogP) is 3.28. The highest BCUT2D eigenvalue weighted by atomic mass is 35.5. The summed E-state index contributed by atoms with van der Waals surface area (Å²) in [5.41, 5.74) is 2.01. The van der Waals surface area contributed by atoms with Gasteiger partial charge in [0.2, 0.25) is 0 Å². The Bertz CT molecular complexity index is 918. The normalized spacial score (nSPS) is 19.2. The molecule has 7 heteroatoms. The smallest absolute Gasteiger partial charge is 0.322 e. The number of urea groups is 1. The number of carbonyl (C=O) groups excluding carboxylic acids is 2. The van der Waals surface area contributed by atoms with Crippen molar-refractivity contribution < 1.29 is 14.7 Å². The Morgan fingerprint density at radius 2 is 2.04 bits per heavy atom. The summed E-state index contributed by atoms with van der Waals surface area (Å²) in [6, 6.07) is 12.2. The van der Waals surface area contributed by atoms with Crippen LogP contribution in [0.1, 0.15) is 22.3 Å². The van der Waals surface area contributed by atoms with Crippen LogP contribution in [0.15, 0.2) is 42.5 Å². The summed E-state index contributed by atoms with van der Waals surface area (Å²) in [4.78, 5) is 28.3. The van der Waals surface area contributed by atoms with Crippen molar-refractivity contribution in [3.8, 4) is 5.75 Å². The Hall–Kier alpha value is -2.73. The molecule has 0 saturated carbocycles. The third-order valence-corrected chi connectivity index (χ3v) is 5.73. The van der Waals surface area contributed by atoms with Gasteiger partial charge in [-0.05, 0) is 48.6 Å². The highest BCUT2D eigenvalue weighted by Gasteiger charge is 2.29. The van der Waals surface area contributed by atoms with E-state index in [1.54, 1.807) is 29.2 Å². The molecule has 2 aliphatic rings. The van der Waals surface area contributed by atoms with Crippen LogP contribution in [0.25, 0.3) is 0 Å². The highest BCUT2D eigenvalue weighted by Crippen LogP contribution is 2.30. The van der Waals surface area contributed by atoms with Crippen LogP contribution in [0, 0.1) is 5.92 Å². The van der Waals surface area contributed by atoms with Gasteiger partial charge in [-0.3, -0.25) is 9.69 Å². The molecule has 1 unspecified atom stereocenters. The van der Waals surface area contributed by atoms with Crippen molar-refractivity contribution in [2.45, 2.75) is 12.8 Å². The number of rotatable bonds is 4. The van der Waals surface area contributed by atoms with Crippen LogP contribution in [0.2, 0.25) is 5.02 Å². The van der Waals surface area contributed by atoms with Gasteiger partial charge in [0.05, 0.1) is 10.7 Å². The summed E-state index contributed by atoms with van der Waals surface area (Å²) in [7, 11) is 0. The lowest BCUT2D eigenvalue weighted by molar-refractivity contribution is 0.0787. The minimum atomic E-state index is -0.199. The van der Waals surface area contributed by atoms with Crippen LogP contribution in [-0.2, 0) is 6.42 Å². The molecule has 0 spiro atoms. The molecule has 2 N–H and O–H groups in total. The van der Waals surface area contributed by atoms with E-state index < -0.39 is 0 Å². The van der Waals surface area contributed by atoms with Crippen LogP contribution in [0.4, 0.5) is 10.5 Å². The van der Waals surface area contributed by atoms with Gasteiger partial charge in [0.25, 0.3) is 5.91 Å². The second kappa shape index (κ2) is 7.72. The lowest BCUT2D eigenvalue weighted by Crippen LogP contribution is -2.30. The fourth-order valence-electron chi connectivity index (χ4n) is 3.91. The Kier molecular flexibility index (Phi) is 5.13. The number of anilines is 1. The summed E-state index contributed by atoms with van der Waals surface area (Å²) in [5, 5.41) is 13.2. The maximum absolute atomic E-state index is 13.0. The number of para-hydroxylation sites is 1. The number of likely N-dealkylation sites (tertiary alicyclic amines) is 1. The number of amides is 3. The second-order valence-corrected chi connectivity index (χ2v) is 7.70. The van der Waals surface area contributed by atoms with E-state index >= 15 is 0 Å². The number of phenols is 1. The third-order valence-electron chi connectivity index (χ3n) is 5.41. The Balaban J connectivity index is 1.46. The first-order valence-corrected chi connectivity index (χ1v) is 9.82. The number of hydrogen-bond donors (Lipinski definition) is 2. The minimum absolute atomic E-state index is 0.0581. The zero-order valence-corrected chi connectivity index (χ0v) is 16.2. The molecule has 2 aromatic rings. The van der Waals surface area contributed by atoms with Crippen molar-refractivity contribution in [1.29, 1.82) is 0 Å². The van der Waals surface area contributed by atoms with Crippen molar-refractivity contribution in [2.75, 3.05) is 31.1 Å². The molecule has 6 nitrogen and oxygen atoms in total. The molecular formula is C21H22ClN3O3.